The number of amides is 2. The van der Waals surface area contributed by atoms with E-state index >= 15 is 0 Å². The lowest BCUT2D eigenvalue weighted by Gasteiger charge is -2.28. The van der Waals surface area contributed by atoms with Crippen LogP contribution in [0.5, 0.6) is 0 Å². The zero-order valence-corrected chi connectivity index (χ0v) is 31.6. The summed E-state index contributed by atoms with van der Waals surface area (Å²) in [5, 5.41) is 5.64. The topological polar surface area (TPSA) is 113 Å². The zero-order chi connectivity index (χ0) is 37.4. The van der Waals surface area contributed by atoms with Crippen molar-refractivity contribution in [3.05, 3.63) is 137 Å². The predicted octanol–water partition coefficient (Wildman–Crippen LogP) is 9.42. The van der Waals surface area contributed by atoms with Crippen LogP contribution >= 0.6 is 0 Å². The van der Waals surface area contributed by atoms with Crippen LogP contribution in [0.4, 0.5) is 5.69 Å². The van der Waals surface area contributed by atoms with Crippen molar-refractivity contribution in [2.24, 2.45) is 10.8 Å². The maximum atomic E-state index is 14.0. The number of hydrogen-bond donors (Lipinski definition) is 3. The van der Waals surface area contributed by atoms with Gasteiger partial charge in [0, 0.05) is 17.8 Å². The second-order valence-electron chi connectivity index (χ2n) is 15.2. The molecule has 0 saturated carbocycles. The molecule has 270 valence electrons. The quantitative estimate of drug-likeness (QED) is 0.121. The van der Waals surface area contributed by atoms with Gasteiger partial charge in [-0.3, -0.25) is 14.1 Å². The number of nitrogens with one attached hydrogen (secondary N) is 2. The molecule has 0 bridgehead atoms. The molecule has 0 saturated heterocycles. The number of allylic oxidation sites excluding steroid dienone is 7. The Balaban J connectivity index is 1.56. The van der Waals surface area contributed by atoms with Crippen molar-refractivity contribution in [1.82, 2.24) is 5.32 Å². The molecule has 0 radical (unpaired) electrons. The average Bonchev–Trinajstić information content (AvgIpc) is 3.07. The summed E-state index contributed by atoms with van der Waals surface area (Å²) in [6.45, 7) is 16.9. The SMILES string of the molecule is C=C/C(=C\C=C(/C)c1ccc([C@@H](Cc2ccc(C(=O)NCCS(=O)(=O)O)cc2)C(=O)Nc2ccc(C3=CCC(C)(C)CC3)cc2)cc1)C(C)(C)C. The fourth-order valence-corrected chi connectivity index (χ4v) is 6.39. The first kappa shape index (κ1) is 39.3. The minimum atomic E-state index is -4.18. The van der Waals surface area contributed by atoms with Crippen molar-refractivity contribution in [2.45, 2.75) is 73.1 Å². The molecule has 4 rings (SSSR count). The summed E-state index contributed by atoms with van der Waals surface area (Å²) in [6, 6.07) is 23.0. The largest absolute Gasteiger partial charge is 0.351 e. The third-order valence-corrected chi connectivity index (χ3v) is 10.2. The Morgan fingerprint density at radius 3 is 2.12 bits per heavy atom. The van der Waals surface area contributed by atoms with Gasteiger partial charge in [-0.15, -0.1) is 0 Å². The van der Waals surface area contributed by atoms with Crippen molar-refractivity contribution >= 4 is 38.8 Å². The molecule has 0 spiro atoms. The Hall–Kier alpha value is -4.53. The summed E-state index contributed by atoms with van der Waals surface area (Å²) >= 11 is 0. The summed E-state index contributed by atoms with van der Waals surface area (Å²) in [6.07, 6.45) is 12.1. The summed E-state index contributed by atoms with van der Waals surface area (Å²) in [5.74, 6) is -1.68. The van der Waals surface area contributed by atoms with Crippen LogP contribution in [0, 0.1) is 10.8 Å². The molecule has 1 atom stereocenters. The number of anilines is 1. The Bertz CT molecular complexity index is 1910. The lowest BCUT2D eigenvalue weighted by Crippen LogP contribution is -2.28. The molecule has 3 aromatic carbocycles. The Kier molecular flexibility index (Phi) is 12.8. The minimum absolute atomic E-state index is 0.0151. The zero-order valence-electron chi connectivity index (χ0n) is 30.8. The molecular formula is C43H52N2O5S. The van der Waals surface area contributed by atoms with E-state index in [0.717, 1.165) is 52.8 Å². The molecule has 7 nitrogen and oxygen atoms in total. The van der Waals surface area contributed by atoms with Gasteiger partial charge in [-0.05, 0) is 107 Å². The molecule has 1 aliphatic rings. The Morgan fingerprint density at radius 2 is 1.57 bits per heavy atom. The highest BCUT2D eigenvalue weighted by molar-refractivity contribution is 7.85. The average molecular weight is 709 g/mol. The molecule has 0 heterocycles. The number of carbonyl (C=O) groups excluding carboxylic acids is 2. The summed E-state index contributed by atoms with van der Waals surface area (Å²) in [4.78, 5) is 26.5. The number of rotatable bonds is 13. The van der Waals surface area contributed by atoms with Crippen LogP contribution in [-0.4, -0.2) is 37.1 Å². The predicted molar refractivity (Wildman–Crippen MR) is 210 cm³/mol. The second-order valence-corrected chi connectivity index (χ2v) is 16.8. The van der Waals surface area contributed by atoms with E-state index in [1.807, 2.05) is 42.5 Å². The van der Waals surface area contributed by atoms with Crippen molar-refractivity contribution in [3.63, 3.8) is 0 Å². The van der Waals surface area contributed by atoms with Crippen LogP contribution < -0.4 is 10.6 Å². The van der Waals surface area contributed by atoms with Crippen molar-refractivity contribution in [1.29, 1.82) is 0 Å². The summed E-state index contributed by atoms with van der Waals surface area (Å²) in [7, 11) is -4.18. The molecule has 51 heavy (non-hydrogen) atoms. The van der Waals surface area contributed by atoms with Gasteiger partial charge in [0.1, 0.15) is 0 Å². The number of carbonyl (C=O) groups is 2. The molecule has 0 aliphatic heterocycles. The van der Waals surface area contributed by atoms with Crippen molar-refractivity contribution in [2.75, 3.05) is 17.6 Å². The molecule has 0 unspecified atom stereocenters. The van der Waals surface area contributed by atoms with E-state index in [4.69, 9.17) is 4.55 Å². The van der Waals surface area contributed by atoms with E-state index < -0.39 is 27.7 Å². The third kappa shape index (κ3) is 11.8. The van der Waals surface area contributed by atoms with Gasteiger partial charge in [-0.2, -0.15) is 8.42 Å². The van der Waals surface area contributed by atoms with Crippen LogP contribution in [0.15, 0.2) is 109 Å². The normalized spacial score (nSPS) is 15.8. The maximum absolute atomic E-state index is 14.0. The summed E-state index contributed by atoms with van der Waals surface area (Å²) < 4.78 is 30.9. The van der Waals surface area contributed by atoms with Crippen molar-refractivity contribution < 1.29 is 22.6 Å². The first-order valence-corrected chi connectivity index (χ1v) is 19.1. The molecular weight excluding hydrogens is 657 g/mol. The number of hydrogen-bond acceptors (Lipinski definition) is 4. The standard InChI is InChI=1S/C43H52N2O5S/c1-8-37(42(3,4)5)20-9-30(2)32-14-16-35(17-15-32)39(29-31-10-12-36(13-11-31)40(46)44-27-28-51(48,49)50)41(47)45-38-21-18-33(19-22-38)34-23-25-43(6,7)26-24-34/h8-23,39H,1,24-29H2,2-7H3,(H,44,46)(H,45,47)(H,48,49,50)/b30-9+,37-20+/t39-/m1/s1. The van der Waals surface area contributed by atoms with E-state index in [-0.39, 0.29) is 17.9 Å². The van der Waals surface area contributed by atoms with E-state index in [0.29, 0.717) is 17.4 Å². The van der Waals surface area contributed by atoms with Crippen LogP contribution in [-0.2, 0) is 21.3 Å². The first-order chi connectivity index (χ1) is 23.9. The van der Waals surface area contributed by atoms with Gasteiger partial charge in [0.2, 0.25) is 5.91 Å². The molecule has 2 amide bonds. The molecule has 8 heteroatoms. The van der Waals surface area contributed by atoms with Crippen LogP contribution in [0.25, 0.3) is 11.1 Å². The van der Waals surface area contributed by atoms with E-state index in [1.54, 1.807) is 24.3 Å². The maximum Gasteiger partial charge on any atom is 0.266 e. The van der Waals surface area contributed by atoms with Gasteiger partial charge < -0.3 is 10.6 Å². The molecule has 0 fully saturated rings. The van der Waals surface area contributed by atoms with E-state index in [2.05, 4.69) is 89.1 Å². The van der Waals surface area contributed by atoms with Crippen LogP contribution in [0.3, 0.4) is 0 Å². The van der Waals surface area contributed by atoms with Gasteiger partial charge in [-0.25, -0.2) is 0 Å². The van der Waals surface area contributed by atoms with Gasteiger partial charge in [0.15, 0.2) is 0 Å². The van der Waals surface area contributed by atoms with Crippen molar-refractivity contribution in [3.8, 4) is 0 Å². The van der Waals surface area contributed by atoms with Crippen LogP contribution in [0.2, 0.25) is 0 Å². The Labute approximate surface area is 304 Å². The van der Waals surface area contributed by atoms with Gasteiger partial charge in [0.05, 0.1) is 11.7 Å². The van der Waals surface area contributed by atoms with Crippen LogP contribution in [0.1, 0.15) is 99.3 Å². The highest BCUT2D eigenvalue weighted by atomic mass is 32.2. The van der Waals surface area contributed by atoms with E-state index in [1.165, 1.54) is 11.1 Å². The van der Waals surface area contributed by atoms with Gasteiger partial charge in [0.25, 0.3) is 16.0 Å². The molecule has 3 aromatic rings. The molecule has 1 aliphatic carbocycles. The molecule has 0 aromatic heterocycles. The highest BCUT2D eigenvalue weighted by Crippen LogP contribution is 2.38. The minimum Gasteiger partial charge on any atom is -0.351 e. The fraction of sp³-hybridized carbons (Fsp3) is 0.349. The Morgan fingerprint density at radius 1 is 0.941 bits per heavy atom. The first-order valence-electron chi connectivity index (χ1n) is 17.5. The van der Waals surface area contributed by atoms with Gasteiger partial charge >= 0.3 is 0 Å². The fourth-order valence-electron chi connectivity index (χ4n) is 6.03. The smallest absolute Gasteiger partial charge is 0.266 e. The van der Waals surface area contributed by atoms with Gasteiger partial charge in [-0.1, -0.05) is 114 Å². The highest BCUT2D eigenvalue weighted by Gasteiger charge is 2.24. The lowest BCUT2D eigenvalue weighted by molar-refractivity contribution is -0.117. The second kappa shape index (κ2) is 16.7. The monoisotopic (exact) mass is 708 g/mol. The summed E-state index contributed by atoms with van der Waals surface area (Å²) in [5.41, 5.74) is 8.91. The number of benzene rings is 3. The molecule has 3 N–H and O–H groups in total. The lowest BCUT2D eigenvalue weighted by atomic mass is 9.77. The third-order valence-electron chi connectivity index (χ3n) is 9.48. The van der Waals surface area contributed by atoms with E-state index in [9.17, 15) is 18.0 Å².